The lowest BCUT2D eigenvalue weighted by Crippen LogP contribution is -2.69. The fourth-order valence-electron chi connectivity index (χ4n) is 2.91. The third kappa shape index (κ3) is 3.22. The molecule has 120 valence electrons. The zero-order chi connectivity index (χ0) is 15.8. The Balaban J connectivity index is 2.12. The van der Waals surface area contributed by atoms with Gasteiger partial charge in [-0.05, 0) is 39.0 Å². The van der Waals surface area contributed by atoms with Crippen molar-refractivity contribution < 1.29 is 18.0 Å². The molecule has 1 heterocycles. The number of piperazine rings is 1. The molecule has 0 aromatic rings. The molecule has 21 heavy (non-hydrogen) atoms. The largest absolute Gasteiger partial charge is 0.340 e. The Kier molecular flexibility index (Phi) is 4.33. The lowest BCUT2D eigenvalue weighted by atomic mass is 9.90. The van der Waals surface area contributed by atoms with Gasteiger partial charge in [0, 0.05) is 12.3 Å². The van der Waals surface area contributed by atoms with E-state index in [-0.39, 0.29) is 35.8 Å². The summed E-state index contributed by atoms with van der Waals surface area (Å²) in [6.07, 6.45) is 2.42. The first kappa shape index (κ1) is 16.3. The van der Waals surface area contributed by atoms with Crippen LogP contribution in [0.4, 0.5) is 0 Å². The Bertz CT molecular complexity index is 541. The van der Waals surface area contributed by atoms with Crippen molar-refractivity contribution in [1.82, 2.24) is 10.2 Å². The number of carbonyl (C=O) groups is 2. The van der Waals surface area contributed by atoms with Crippen LogP contribution in [0.1, 0.15) is 40.0 Å². The average Bonchev–Trinajstić information content (AvgIpc) is 3.21. The second kappa shape index (κ2) is 5.59. The maximum absolute atomic E-state index is 12.7. The average molecular weight is 316 g/mol. The van der Waals surface area contributed by atoms with E-state index in [9.17, 15) is 18.0 Å². The quantitative estimate of drug-likeness (QED) is 0.765. The van der Waals surface area contributed by atoms with Crippen LogP contribution in [0.5, 0.6) is 0 Å². The lowest BCUT2D eigenvalue weighted by molar-refractivity contribution is -0.154. The maximum atomic E-state index is 12.7. The summed E-state index contributed by atoms with van der Waals surface area (Å²) in [6, 6.07) is -0.610. The predicted octanol–water partition coefficient (Wildman–Crippen LogP) is 0.327. The Hall–Kier alpha value is -1.11. The standard InChI is InChI=1S/C14H24N2O4S/c1-4-8-21(19,20)9-7-16-10(2)12(17)15-14(3,13(16)18)11-5-6-11/h10-11H,4-9H2,1-3H3,(H,15,17). The van der Waals surface area contributed by atoms with Gasteiger partial charge >= 0.3 is 0 Å². The van der Waals surface area contributed by atoms with Crippen LogP contribution in [-0.2, 0) is 19.4 Å². The molecule has 2 rings (SSSR count). The molecular weight excluding hydrogens is 292 g/mol. The van der Waals surface area contributed by atoms with Crippen LogP contribution >= 0.6 is 0 Å². The van der Waals surface area contributed by atoms with Crippen LogP contribution in [0.25, 0.3) is 0 Å². The first-order valence-corrected chi connectivity index (χ1v) is 9.37. The van der Waals surface area contributed by atoms with E-state index >= 15 is 0 Å². The first-order chi connectivity index (χ1) is 9.71. The second-order valence-corrected chi connectivity index (χ2v) is 8.60. The van der Waals surface area contributed by atoms with Gasteiger partial charge in [-0.1, -0.05) is 6.92 Å². The molecule has 2 amide bonds. The molecule has 2 atom stereocenters. The second-order valence-electron chi connectivity index (χ2n) is 6.29. The SMILES string of the molecule is CCCS(=O)(=O)CCN1C(=O)C(C)(C2CC2)NC(=O)C1C. The van der Waals surface area contributed by atoms with Crippen LogP contribution in [-0.4, -0.2) is 54.8 Å². The van der Waals surface area contributed by atoms with Gasteiger partial charge in [-0.3, -0.25) is 9.59 Å². The predicted molar refractivity (Wildman–Crippen MR) is 79.4 cm³/mol. The number of hydrogen-bond donors (Lipinski definition) is 1. The molecule has 0 aromatic heterocycles. The van der Waals surface area contributed by atoms with E-state index in [4.69, 9.17) is 0 Å². The van der Waals surface area contributed by atoms with Crippen molar-refractivity contribution in [2.24, 2.45) is 5.92 Å². The molecule has 1 aliphatic carbocycles. The normalized spacial score (nSPS) is 30.4. The van der Waals surface area contributed by atoms with E-state index in [1.54, 1.807) is 13.8 Å². The highest BCUT2D eigenvalue weighted by atomic mass is 32.2. The van der Waals surface area contributed by atoms with E-state index in [1.807, 2.05) is 6.92 Å². The summed E-state index contributed by atoms with van der Waals surface area (Å²) in [6.45, 7) is 5.30. The summed E-state index contributed by atoms with van der Waals surface area (Å²) in [4.78, 5) is 26.2. The molecule has 2 fully saturated rings. The number of sulfone groups is 1. The van der Waals surface area contributed by atoms with Crippen molar-refractivity contribution in [3.63, 3.8) is 0 Å². The molecule has 2 aliphatic rings. The monoisotopic (exact) mass is 316 g/mol. The molecule has 6 nitrogen and oxygen atoms in total. The minimum Gasteiger partial charge on any atom is -0.340 e. The van der Waals surface area contributed by atoms with Gasteiger partial charge in [0.1, 0.15) is 11.6 Å². The lowest BCUT2D eigenvalue weighted by Gasteiger charge is -2.43. The third-order valence-electron chi connectivity index (χ3n) is 4.49. The number of nitrogens with one attached hydrogen (secondary N) is 1. The summed E-state index contributed by atoms with van der Waals surface area (Å²) in [5.74, 6) is -0.127. The van der Waals surface area contributed by atoms with Crippen molar-refractivity contribution in [3.05, 3.63) is 0 Å². The molecule has 1 N–H and O–H groups in total. The van der Waals surface area contributed by atoms with Gasteiger partial charge in [-0.2, -0.15) is 0 Å². The summed E-state index contributed by atoms with van der Waals surface area (Å²) >= 11 is 0. The molecule has 2 unspecified atom stereocenters. The minimum absolute atomic E-state index is 0.0784. The van der Waals surface area contributed by atoms with Gasteiger partial charge in [0.25, 0.3) is 0 Å². The highest BCUT2D eigenvalue weighted by Gasteiger charge is 2.54. The number of nitrogens with zero attached hydrogens (tertiary/aromatic N) is 1. The highest BCUT2D eigenvalue weighted by Crippen LogP contribution is 2.42. The van der Waals surface area contributed by atoms with E-state index in [1.165, 1.54) is 4.90 Å². The summed E-state index contributed by atoms with van der Waals surface area (Å²) in [5, 5.41) is 2.83. The van der Waals surface area contributed by atoms with Crippen molar-refractivity contribution >= 4 is 21.7 Å². The molecule has 0 bridgehead atoms. The fourth-order valence-corrected chi connectivity index (χ4v) is 4.21. The van der Waals surface area contributed by atoms with Gasteiger partial charge < -0.3 is 10.2 Å². The van der Waals surface area contributed by atoms with Gasteiger partial charge in [0.05, 0.1) is 5.75 Å². The first-order valence-electron chi connectivity index (χ1n) is 7.55. The minimum atomic E-state index is -3.16. The summed E-state index contributed by atoms with van der Waals surface area (Å²) < 4.78 is 23.7. The highest BCUT2D eigenvalue weighted by molar-refractivity contribution is 7.91. The molecule has 0 spiro atoms. The van der Waals surface area contributed by atoms with Crippen LogP contribution in [0, 0.1) is 5.92 Å². The summed E-state index contributed by atoms with van der Waals surface area (Å²) in [7, 11) is -3.16. The molecule has 0 aromatic carbocycles. The van der Waals surface area contributed by atoms with Gasteiger partial charge in [-0.25, -0.2) is 8.42 Å². The van der Waals surface area contributed by atoms with Crippen molar-refractivity contribution in [2.75, 3.05) is 18.1 Å². The van der Waals surface area contributed by atoms with Gasteiger partial charge in [0.15, 0.2) is 9.84 Å². The third-order valence-corrected chi connectivity index (χ3v) is 6.32. The number of amides is 2. The van der Waals surface area contributed by atoms with Crippen LogP contribution in [0.3, 0.4) is 0 Å². The Morgan fingerprint density at radius 2 is 1.90 bits per heavy atom. The Morgan fingerprint density at radius 3 is 2.43 bits per heavy atom. The molecule has 1 aliphatic heterocycles. The van der Waals surface area contributed by atoms with E-state index in [2.05, 4.69) is 5.32 Å². The molecule has 1 saturated carbocycles. The molecule has 0 radical (unpaired) electrons. The van der Waals surface area contributed by atoms with Crippen LogP contribution in [0.15, 0.2) is 0 Å². The van der Waals surface area contributed by atoms with Gasteiger partial charge in [-0.15, -0.1) is 0 Å². The molecular formula is C14H24N2O4S. The van der Waals surface area contributed by atoms with Crippen molar-refractivity contribution in [1.29, 1.82) is 0 Å². The zero-order valence-electron chi connectivity index (χ0n) is 12.9. The van der Waals surface area contributed by atoms with Crippen molar-refractivity contribution in [3.8, 4) is 0 Å². The smallest absolute Gasteiger partial charge is 0.249 e. The topological polar surface area (TPSA) is 83.6 Å². The Labute approximate surface area is 126 Å². The fraction of sp³-hybridized carbons (Fsp3) is 0.857. The van der Waals surface area contributed by atoms with Crippen LogP contribution in [0.2, 0.25) is 0 Å². The maximum Gasteiger partial charge on any atom is 0.249 e. The Morgan fingerprint density at radius 1 is 1.29 bits per heavy atom. The number of hydrogen-bond acceptors (Lipinski definition) is 4. The number of rotatable bonds is 6. The zero-order valence-corrected chi connectivity index (χ0v) is 13.7. The molecule has 1 saturated heterocycles. The van der Waals surface area contributed by atoms with E-state index in [0.29, 0.717) is 6.42 Å². The molecule has 7 heteroatoms. The van der Waals surface area contributed by atoms with E-state index in [0.717, 1.165) is 12.8 Å². The van der Waals surface area contributed by atoms with Gasteiger partial charge in [0.2, 0.25) is 11.8 Å². The van der Waals surface area contributed by atoms with Crippen molar-refractivity contribution in [2.45, 2.75) is 51.6 Å². The van der Waals surface area contributed by atoms with E-state index < -0.39 is 21.4 Å². The van der Waals surface area contributed by atoms with Crippen LogP contribution < -0.4 is 5.32 Å². The number of carbonyl (C=O) groups excluding carboxylic acids is 2. The summed E-state index contributed by atoms with van der Waals surface area (Å²) in [5.41, 5.74) is -0.863.